The molecule has 10 heteroatoms. The maximum atomic E-state index is 13.9. The number of aromatic nitrogens is 2. The highest BCUT2D eigenvalue weighted by molar-refractivity contribution is 6.32. The van der Waals surface area contributed by atoms with Gasteiger partial charge in [0.05, 0.1) is 23.5 Å². The van der Waals surface area contributed by atoms with Crippen LogP contribution in [0.2, 0.25) is 5.02 Å². The Morgan fingerprint density at radius 2 is 1.77 bits per heavy atom. The van der Waals surface area contributed by atoms with Gasteiger partial charge in [0.25, 0.3) is 5.91 Å². The first-order chi connectivity index (χ1) is 16.7. The molecule has 1 N–H and O–H groups in total. The van der Waals surface area contributed by atoms with Crippen molar-refractivity contribution < 1.29 is 27.1 Å². The number of hydrogen-bond acceptors (Lipinski definition) is 3. The van der Waals surface area contributed by atoms with Gasteiger partial charge in [0.1, 0.15) is 18.2 Å². The molecular weight excluding hydrogens is 486 g/mol. The Kier molecular flexibility index (Phi) is 7.07. The number of hydrogen-bond donors (Lipinski definition) is 1. The Bertz CT molecular complexity index is 1390. The summed E-state index contributed by atoms with van der Waals surface area (Å²) in [6, 6.07) is 12.4. The molecule has 0 spiro atoms. The first-order valence-electron chi connectivity index (χ1n) is 10.3. The van der Waals surface area contributed by atoms with Crippen molar-refractivity contribution in [1.29, 1.82) is 0 Å². The van der Waals surface area contributed by atoms with E-state index in [0.29, 0.717) is 16.3 Å². The molecule has 1 aromatic heterocycles. The molecule has 0 fully saturated rings. The van der Waals surface area contributed by atoms with Gasteiger partial charge in [0.15, 0.2) is 17.5 Å². The van der Waals surface area contributed by atoms with Crippen molar-refractivity contribution in [2.24, 2.45) is 0 Å². The molecule has 0 unspecified atom stereocenters. The summed E-state index contributed by atoms with van der Waals surface area (Å²) in [5, 5.41) is 7.01. The monoisotopic (exact) mass is 503 g/mol. The first-order valence-corrected chi connectivity index (χ1v) is 10.7. The van der Waals surface area contributed by atoms with Gasteiger partial charge in [0, 0.05) is 23.4 Å². The van der Waals surface area contributed by atoms with Crippen LogP contribution in [-0.4, -0.2) is 15.7 Å². The van der Waals surface area contributed by atoms with Crippen molar-refractivity contribution in [2.75, 3.05) is 5.32 Å². The largest absolute Gasteiger partial charge is 0.487 e. The van der Waals surface area contributed by atoms with E-state index in [-0.39, 0.29) is 18.4 Å². The minimum Gasteiger partial charge on any atom is -0.487 e. The lowest BCUT2D eigenvalue weighted by Gasteiger charge is -2.09. The minimum absolute atomic E-state index is 0.250. The van der Waals surface area contributed by atoms with Gasteiger partial charge in [-0.05, 0) is 42.3 Å². The van der Waals surface area contributed by atoms with Gasteiger partial charge >= 0.3 is 0 Å². The average Bonchev–Trinajstić information content (AvgIpc) is 3.28. The second-order valence-electron chi connectivity index (χ2n) is 7.75. The third-order valence-electron chi connectivity index (χ3n) is 5.12. The van der Waals surface area contributed by atoms with Crippen LogP contribution >= 0.6 is 11.6 Å². The third kappa shape index (κ3) is 5.63. The van der Waals surface area contributed by atoms with Crippen LogP contribution in [0.4, 0.5) is 23.2 Å². The zero-order valence-corrected chi connectivity index (χ0v) is 19.0. The lowest BCUT2D eigenvalue weighted by molar-refractivity contribution is 0.102. The van der Waals surface area contributed by atoms with Crippen molar-refractivity contribution in [3.63, 3.8) is 0 Å². The zero-order valence-electron chi connectivity index (χ0n) is 18.3. The molecule has 1 amide bonds. The molecule has 35 heavy (non-hydrogen) atoms. The molecule has 1 heterocycles. The number of aryl methyl sites for hydroxylation is 1. The van der Waals surface area contributed by atoms with Crippen molar-refractivity contribution in [3.05, 3.63) is 111 Å². The Hall–Kier alpha value is -3.85. The Labute approximate surface area is 202 Å². The minimum atomic E-state index is -1.77. The Balaban J connectivity index is 1.37. The Morgan fingerprint density at radius 3 is 2.51 bits per heavy atom. The predicted octanol–water partition coefficient (Wildman–Crippen LogP) is 6.28. The van der Waals surface area contributed by atoms with Gasteiger partial charge < -0.3 is 10.1 Å². The molecular formula is C25H18ClF4N3O2. The van der Waals surface area contributed by atoms with Crippen LogP contribution in [0.1, 0.15) is 27.0 Å². The number of amides is 1. The van der Waals surface area contributed by atoms with E-state index in [1.165, 1.54) is 12.4 Å². The molecule has 0 aliphatic carbocycles. The predicted molar refractivity (Wildman–Crippen MR) is 123 cm³/mol. The molecule has 0 atom stereocenters. The zero-order chi connectivity index (χ0) is 25.1. The molecule has 0 radical (unpaired) electrons. The van der Waals surface area contributed by atoms with Gasteiger partial charge in [0.2, 0.25) is 0 Å². The smallest absolute Gasteiger partial charge is 0.255 e. The number of carbonyl (C=O) groups excluding carboxylic acids is 1. The molecule has 0 aliphatic rings. The fourth-order valence-corrected chi connectivity index (χ4v) is 3.44. The highest BCUT2D eigenvalue weighted by atomic mass is 35.5. The van der Waals surface area contributed by atoms with E-state index in [9.17, 15) is 22.4 Å². The number of carbonyl (C=O) groups is 1. The normalized spacial score (nSPS) is 10.9. The summed E-state index contributed by atoms with van der Waals surface area (Å²) in [6.07, 6.45) is 2.58. The average molecular weight is 504 g/mol. The summed E-state index contributed by atoms with van der Waals surface area (Å²) in [4.78, 5) is 12.5. The van der Waals surface area contributed by atoms with E-state index < -0.39 is 41.3 Å². The van der Waals surface area contributed by atoms with E-state index in [0.717, 1.165) is 15.8 Å². The van der Waals surface area contributed by atoms with Crippen molar-refractivity contribution >= 4 is 23.2 Å². The lowest BCUT2D eigenvalue weighted by atomic mass is 10.1. The number of benzene rings is 3. The number of anilines is 1. The molecule has 4 rings (SSSR count). The highest BCUT2D eigenvalue weighted by Crippen LogP contribution is 2.26. The van der Waals surface area contributed by atoms with Crippen LogP contribution in [0.3, 0.4) is 0 Å². The summed E-state index contributed by atoms with van der Waals surface area (Å²) >= 11 is 6.13. The van der Waals surface area contributed by atoms with Crippen molar-refractivity contribution in [3.8, 4) is 5.75 Å². The van der Waals surface area contributed by atoms with Crippen LogP contribution in [0.5, 0.6) is 5.75 Å². The SMILES string of the molecule is Cc1ccc(Cl)c(OCc2ccc(C(=O)Nc3cnn(Cc4c(F)cc(F)c(F)c4F)c3)cc2)c1. The quantitative estimate of drug-likeness (QED) is 0.183. The summed E-state index contributed by atoms with van der Waals surface area (Å²) in [6.45, 7) is 1.69. The molecule has 0 aliphatic heterocycles. The summed E-state index contributed by atoms with van der Waals surface area (Å²) < 4.78 is 61.1. The standard InChI is InChI=1S/C25H18ClF4N3O2/c1-14-2-7-19(26)22(8-14)35-13-15-3-5-16(6-4-15)25(34)32-17-10-31-33(11-17)12-18-20(27)9-21(28)24(30)23(18)29/h2-11H,12-13H2,1H3,(H,32,34). The molecule has 4 aromatic rings. The number of rotatable bonds is 7. The van der Waals surface area contributed by atoms with Crippen LogP contribution in [-0.2, 0) is 13.2 Å². The van der Waals surface area contributed by atoms with Gasteiger partial charge in [-0.2, -0.15) is 5.10 Å². The Morgan fingerprint density at radius 1 is 1.03 bits per heavy atom. The van der Waals surface area contributed by atoms with Crippen molar-refractivity contribution in [2.45, 2.75) is 20.1 Å². The van der Waals surface area contributed by atoms with E-state index in [2.05, 4.69) is 10.4 Å². The molecule has 180 valence electrons. The maximum absolute atomic E-state index is 13.9. The number of nitrogens with zero attached hydrogens (tertiary/aromatic N) is 2. The van der Waals surface area contributed by atoms with Gasteiger partial charge in [-0.15, -0.1) is 0 Å². The van der Waals surface area contributed by atoms with Crippen molar-refractivity contribution in [1.82, 2.24) is 9.78 Å². The first kappa shape index (κ1) is 24.3. The fraction of sp³-hybridized carbons (Fsp3) is 0.120. The van der Waals surface area contributed by atoms with E-state index >= 15 is 0 Å². The second kappa shape index (κ2) is 10.2. The van der Waals surface area contributed by atoms with Crippen LogP contribution in [0.15, 0.2) is 60.9 Å². The van der Waals surface area contributed by atoms with Crippen LogP contribution in [0, 0.1) is 30.2 Å². The van der Waals surface area contributed by atoms with Crippen LogP contribution in [0.25, 0.3) is 0 Å². The summed E-state index contributed by atoms with van der Waals surface area (Å²) in [5.41, 5.74) is 1.75. The number of halogens is 5. The van der Waals surface area contributed by atoms with Gasteiger partial charge in [-0.1, -0.05) is 29.8 Å². The fourth-order valence-electron chi connectivity index (χ4n) is 3.26. The molecule has 0 saturated carbocycles. The van der Waals surface area contributed by atoms with E-state index in [1.54, 1.807) is 30.3 Å². The third-order valence-corrected chi connectivity index (χ3v) is 5.43. The molecule has 0 bridgehead atoms. The molecule has 0 saturated heterocycles. The van der Waals surface area contributed by atoms with Gasteiger partial charge in [-0.3, -0.25) is 9.48 Å². The maximum Gasteiger partial charge on any atom is 0.255 e. The summed E-state index contributed by atoms with van der Waals surface area (Å²) in [7, 11) is 0. The molecule has 3 aromatic carbocycles. The van der Waals surface area contributed by atoms with Gasteiger partial charge in [-0.25, -0.2) is 17.6 Å². The number of ether oxygens (including phenoxy) is 1. The summed E-state index contributed by atoms with van der Waals surface area (Å²) in [5.74, 6) is -6.13. The number of nitrogens with one attached hydrogen (secondary N) is 1. The topological polar surface area (TPSA) is 56.1 Å². The van der Waals surface area contributed by atoms with E-state index in [1.807, 2.05) is 19.1 Å². The second-order valence-corrected chi connectivity index (χ2v) is 8.15. The molecule has 5 nitrogen and oxygen atoms in total. The lowest BCUT2D eigenvalue weighted by Crippen LogP contribution is -2.12. The van der Waals surface area contributed by atoms with E-state index in [4.69, 9.17) is 16.3 Å². The van der Waals surface area contributed by atoms with Crippen LogP contribution < -0.4 is 10.1 Å². The highest BCUT2D eigenvalue weighted by Gasteiger charge is 2.19.